The second kappa shape index (κ2) is 6.50. The second-order valence-corrected chi connectivity index (χ2v) is 7.20. The zero-order chi connectivity index (χ0) is 16.3. The van der Waals surface area contributed by atoms with Crippen LogP contribution in [0.2, 0.25) is 0 Å². The number of hydrogen-bond acceptors (Lipinski definition) is 3. The maximum atomic E-state index is 12.9. The molecule has 116 valence electrons. The van der Waals surface area contributed by atoms with Crippen LogP contribution in [0.3, 0.4) is 0 Å². The minimum absolute atomic E-state index is 0.121. The van der Waals surface area contributed by atoms with Crippen molar-refractivity contribution in [2.24, 2.45) is 0 Å². The van der Waals surface area contributed by atoms with Crippen LogP contribution < -0.4 is 4.31 Å². The first kappa shape index (κ1) is 16.5. The number of benzene rings is 2. The summed E-state index contributed by atoms with van der Waals surface area (Å²) in [6, 6.07) is 13.4. The molecule has 4 nitrogen and oxygen atoms in total. The first-order valence-electron chi connectivity index (χ1n) is 6.66. The van der Waals surface area contributed by atoms with E-state index in [4.69, 9.17) is 11.6 Å². The van der Waals surface area contributed by atoms with Gasteiger partial charge in [0.15, 0.2) is 0 Å². The minimum Gasteiger partial charge on any atom is -0.279 e. The SMILES string of the molecule is Cc1cccc(C)c1N(CC(=O)Cl)S(=O)(=O)c1ccccc1. The highest BCUT2D eigenvalue weighted by Gasteiger charge is 2.28. The topological polar surface area (TPSA) is 54.5 Å². The van der Waals surface area contributed by atoms with Gasteiger partial charge in [-0.3, -0.25) is 9.10 Å². The summed E-state index contributed by atoms with van der Waals surface area (Å²) in [6.45, 7) is 3.19. The molecule has 0 saturated heterocycles. The zero-order valence-corrected chi connectivity index (χ0v) is 13.9. The first-order chi connectivity index (χ1) is 10.3. The van der Waals surface area contributed by atoms with Gasteiger partial charge in [0.1, 0.15) is 6.54 Å². The molecule has 0 unspecified atom stereocenters. The third kappa shape index (κ3) is 3.31. The van der Waals surface area contributed by atoms with E-state index in [1.807, 2.05) is 6.07 Å². The highest BCUT2D eigenvalue weighted by Crippen LogP contribution is 2.30. The minimum atomic E-state index is -3.87. The summed E-state index contributed by atoms with van der Waals surface area (Å²) in [6.07, 6.45) is 0. The lowest BCUT2D eigenvalue weighted by Gasteiger charge is -2.26. The molecule has 6 heteroatoms. The molecule has 0 atom stereocenters. The van der Waals surface area contributed by atoms with Crippen LogP contribution in [0.15, 0.2) is 53.4 Å². The standard InChI is InChI=1S/C16H16ClNO3S/c1-12-7-6-8-13(2)16(12)18(11-15(17)19)22(20,21)14-9-4-3-5-10-14/h3-10H,11H2,1-2H3. The molecule has 0 aliphatic heterocycles. The van der Waals surface area contributed by atoms with Gasteiger partial charge in [-0.1, -0.05) is 36.4 Å². The van der Waals surface area contributed by atoms with Gasteiger partial charge in [-0.2, -0.15) is 0 Å². The van der Waals surface area contributed by atoms with E-state index in [1.54, 1.807) is 44.2 Å². The van der Waals surface area contributed by atoms with Crippen molar-refractivity contribution in [3.63, 3.8) is 0 Å². The summed E-state index contributed by atoms with van der Waals surface area (Å²) >= 11 is 5.48. The highest BCUT2D eigenvalue weighted by molar-refractivity contribution is 7.92. The van der Waals surface area contributed by atoms with Crippen LogP contribution in [0.1, 0.15) is 11.1 Å². The van der Waals surface area contributed by atoms with Gasteiger partial charge in [0.25, 0.3) is 10.0 Å². The van der Waals surface area contributed by atoms with Gasteiger partial charge < -0.3 is 0 Å². The third-order valence-corrected chi connectivity index (χ3v) is 5.17. The summed E-state index contributed by atoms with van der Waals surface area (Å²) in [5.41, 5.74) is 2.01. The van der Waals surface area contributed by atoms with E-state index in [0.29, 0.717) is 5.69 Å². The normalized spacial score (nSPS) is 11.2. The number of nitrogens with zero attached hydrogens (tertiary/aromatic N) is 1. The Morgan fingerprint density at radius 1 is 1.00 bits per heavy atom. The third-order valence-electron chi connectivity index (χ3n) is 3.29. The molecule has 0 radical (unpaired) electrons. The molecule has 0 saturated carbocycles. The fourth-order valence-corrected chi connectivity index (χ4v) is 4.08. The molecular formula is C16H16ClNO3S. The van der Waals surface area contributed by atoms with E-state index in [0.717, 1.165) is 15.4 Å². The maximum Gasteiger partial charge on any atom is 0.264 e. The van der Waals surface area contributed by atoms with E-state index in [9.17, 15) is 13.2 Å². The Bertz CT molecular complexity index is 768. The van der Waals surface area contributed by atoms with E-state index in [2.05, 4.69) is 0 Å². The van der Waals surface area contributed by atoms with Crippen molar-refractivity contribution in [3.05, 3.63) is 59.7 Å². The summed E-state index contributed by atoms with van der Waals surface area (Å²) in [5, 5.41) is -0.734. The quantitative estimate of drug-likeness (QED) is 0.787. The fourth-order valence-electron chi connectivity index (χ4n) is 2.32. The molecule has 2 rings (SSSR count). The number of hydrogen-bond donors (Lipinski definition) is 0. The van der Waals surface area contributed by atoms with Crippen LogP contribution in [0.25, 0.3) is 0 Å². The second-order valence-electron chi connectivity index (χ2n) is 4.92. The monoisotopic (exact) mass is 337 g/mol. The number of para-hydroxylation sites is 1. The molecule has 0 amide bonds. The van der Waals surface area contributed by atoms with E-state index >= 15 is 0 Å². The van der Waals surface area contributed by atoms with Crippen LogP contribution >= 0.6 is 11.6 Å². The predicted octanol–water partition coefficient (Wildman–Crippen LogP) is 3.26. The van der Waals surface area contributed by atoms with Crippen LogP contribution in [0.5, 0.6) is 0 Å². The Morgan fingerprint density at radius 2 is 1.55 bits per heavy atom. The van der Waals surface area contributed by atoms with Gasteiger partial charge >= 0.3 is 0 Å². The molecule has 0 aliphatic rings. The molecule has 0 heterocycles. The lowest BCUT2D eigenvalue weighted by molar-refractivity contribution is -0.110. The van der Waals surface area contributed by atoms with Gasteiger partial charge in [-0.05, 0) is 48.7 Å². The van der Waals surface area contributed by atoms with Crippen LogP contribution in [0.4, 0.5) is 5.69 Å². The van der Waals surface area contributed by atoms with Crippen LogP contribution in [0, 0.1) is 13.8 Å². The molecule has 2 aromatic carbocycles. The highest BCUT2D eigenvalue weighted by atomic mass is 35.5. The predicted molar refractivity (Wildman–Crippen MR) is 87.7 cm³/mol. The van der Waals surface area contributed by atoms with Crippen LogP contribution in [-0.4, -0.2) is 20.2 Å². The largest absolute Gasteiger partial charge is 0.279 e. The van der Waals surface area contributed by atoms with Gasteiger partial charge in [0.05, 0.1) is 10.6 Å². The molecule has 22 heavy (non-hydrogen) atoms. The van der Waals surface area contributed by atoms with E-state index < -0.39 is 21.8 Å². The Kier molecular flexibility index (Phi) is 4.88. The van der Waals surface area contributed by atoms with Crippen LogP contribution in [-0.2, 0) is 14.8 Å². The Hall–Kier alpha value is -1.85. The van der Waals surface area contributed by atoms with Gasteiger partial charge in [-0.15, -0.1) is 0 Å². The smallest absolute Gasteiger partial charge is 0.264 e. The maximum absolute atomic E-state index is 12.9. The lowest BCUT2D eigenvalue weighted by Crippen LogP contribution is -2.35. The summed E-state index contributed by atoms with van der Waals surface area (Å²) in [4.78, 5) is 11.5. The summed E-state index contributed by atoms with van der Waals surface area (Å²) in [5.74, 6) is 0. The Balaban J connectivity index is 2.64. The Labute approximate surface area is 135 Å². The summed E-state index contributed by atoms with van der Waals surface area (Å²) < 4.78 is 26.8. The average Bonchev–Trinajstić information content (AvgIpc) is 2.46. The fraction of sp³-hybridized carbons (Fsp3) is 0.188. The summed E-state index contributed by atoms with van der Waals surface area (Å²) in [7, 11) is -3.87. The van der Waals surface area contributed by atoms with Crippen molar-refractivity contribution in [1.82, 2.24) is 0 Å². The lowest BCUT2D eigenvalue weighted by atomic mass is 10.1. The van der Waals surface area contributed by atoms with Crippen molar-refractivity contribution in [2.75, 3.05) is 10.8 Å². The van der Waals surface area contributed by atoms with Crippen molar-refractivity contribution >= 4 is 32.6 Å². The average molecular weight is 338 g/mol. The number of carbonyl (C=O) groups is 1. The molecule has 0 bridgehead atoms. The van der Waals surface area contributed by atoms with Crippen molar-refractivity contribution in [3.8, 4) is 0 Å². The van der Waals surface area contributed by atoms with E-state index in [1.165, 1.54) is 12.1 Å². The molecule has 0 fully saturated rings. The molecule has 0 spiro atoms. The van der Waals surface area contributed by atoms with E-state index in [-0.39, 0.29) is 4.90 Å². The van der Waals surface area contributed by atoms with Crippen molar-refractivity contribution in [1.29, 1.82) is 0 Å². The first-order valence-corrected chi connectivity index (χ1v) is 8.48. The van der Waals surface area contributed by atoms with Crippen molar-refractivity contribution < 1.29 is 13.2 Å². The molecule has 2 aromatic rings. The van der Waals surface area contributed by atoms with Crippen molar-refractivity contribution in [2.45, 2.75) is 18.7 Å². The molecular weight excluding hydrogens is 322 g/mol. The van der Waals surface area contributed by atoms with Gasteiger partial charge in [-0.25, -0.2) is 8.42 Å². The molecule has 0 N–H and O–H groups in total. The van der Waals surface area contributed by atoms with Gasteiger partial charge in [0.2, 0.25) is 5.24 Å². The number of anilines is 1. The zero-order valence-electron chi connectivity index (χ0n) is 12.3. The molecule has 0 aliphatic carbocycles. The Morgan fingerprint density at radius 3 is 2.05 bits per heavy atom. The number of carbonyl (C=O) groups excluding carboxylic acids is 1. The van der Waals surface area contributed by atoms with Gasteiger partial charge in [0, 0.05) is 0 Å². The molecule has 0 aromatic heterocycles. The number of aryl methyl sites for hydroxylation is 2. The number of sulfonamides is 1. The number of halogens is 1. The number of rotatable bonds is 5.